The second-order valence-corrected chi connectivity index (χ2v) is 7.44. The molecule has 3 aromatic rings. The van der Waals surface area contributed by atoms with Gasteiger partial charge in [-0.25, -0.2) is 4.79 Å². The molecule has 0 bridgehead atoms. The Morgan fingerprint density at radius 1 is 1.10 bits per heavy atom. The van der Waals surface area contributed by atoms with Crippen LogP contribution in [-0.4, -0.2) is 42.3 Å². The Kier molecular flexibility index (Phi) is 5.22. The molecule has 0 saturated carbocycles. The number of anilines is 1. The van der Waals surface area contributed by atoms with Crippen LogP contribution in [0.15, 0.2) is 48.7 Å². The summed E-state index contributed by atoms with van der Waals surface area (Å²) in [6, 6.07) is 12.6. The largest absolute Gasteiger partial charge is 0.454 e. The molecule has 2 heterocycles. The maximum absolute atomic E-state index is 12.5. The molecular weight excluding hydrogens is 384 g/mol. The van der Waals surface area contributed by atoms with Crippen molar-refractivity contribution in [3.8, 4) is 11.5 Å². The van der Waals surface area contributed by atoms with Crippen LogP contribution in [-0.2, 0) is 11.3 Å². The van der Waals surface area contributed by atoms with Gasteiger partial charge in [0.2, 0.25) is 12.7 Å². The molecule has 0 radical (unpaired) electrons. The van der Waals surface area contributed by atoms with E-state index in [0.717, 1.165) is 16.5 Å². The van der Waals surface area contributed by atoms with Gasteiger partial charge >= 0.3 is 6.03 Å². The number of hydrogen-bond donors (Lipinski definition) is 2. The van der Waals surface area contributed by atoms with Crippen LogP contribution in [0.4, 0.5) is 10.5 Å². The van der Waals surface area contributed by atoms with E-state index in [1.54, 1.807) is 19.0 Å². The van der Waals surface area contributed by atoms with E-state index in [2.05, 4.69) is 10.6 Å². The average molecular weight is 408 g/mol. The van der Waals surface area contributed by atoms with Crippen molar-refractivity contribution in [2.75, 3.05) is 26.2 Å². The summed E-state index contributed by atoms with van der Waals surface area (Å²) < 4.78 is 12.6. The van der Waals surface area contributed by atoms with Gasteiger partial charge in [-0.05, 0) is 48.9 Å². The zero-order valence-corrected chi connectivity index (χ0v) is 17.1. The van der Waals surface area contributed by atoms with Crippen LogP contribution >= 0.6 is 0 Å². The summed E-state index contributed by atoms with van der Waals surface area (Å²) in [7, 11) is 3.47. The van der Waals surface area contributed by atoms with E-state index >= 15 is 0 Å². The van der Waals surface area contributed by atoms with E-state index in [0.29, 0.717) is 17.2 Å². The highest BCUT2D eigenvalue weighted by Crippen LogP contribution is 2.34. The molecule has 3 amide bonds. The summed E-state index contributed by atoms with van der Waals surface area (Å²) in [5.41, 5.74) is 2.53. The zero-order chi connectivity index (χ0) is 21.3. The molecule has 0 aliphatic carbocycles. The second-order valence-electron chi connectivity index (χ2n) is 7.44. The molecule has 0 spiro atoms. The standard InChI is InChI=1S/C22H24N4O4/c1-14(15-4-7-19-20(11-15)30-13-29-19)23-22(28)24-17-5-6-18-16(10-17)8-9-26(18)12-21(27)25(2)3/h4-11,14H,12-13H2,1-3H3,(H2,23,24,28). The van der Waals surface area contributed by atoms with Crippen molar-refractivity contribution in [3.05, 3.63) is 54.2 Å². The number of hydrogen-bond acceptors (Lipinski definition) is 4. The minimum absolute atomic E-state index is 0.0200. The third kappa shape index (κ3) is 4.03. The van der Waals surface area contributed by atoms with Crippen molar-refractivity contribution in [2.45, 2.75) is 19.5 Å². The minimum Gasteiger partial charge on any atom is -0.454 e. The maximum Gasteiger partial charge on any atom is 0.319 e. The molecule has 2 aromatic carbocycles. The summed E-state index contributed by atoms with van der Waals surface area (Å²) in [4.78, 5) is 26.0. The highest BCUT2D eigenvalue weighted by molar-refractivity contribution is 5.93. The lowest BCUT2D eigenvalue weighted by Gasteiger charge is -2.16. The first-order chi connectivity index (χ1) is 14.4. The predicted molar refractivity (Wildman–Crippen MR) is 114 cm³/mol. The van der Waals surface area contributed by atoms with Crippen molar-refractivity contribution in [1.29, 1.82) is 0 Å². The van der Waals surface area contributed by atoms with Crippen LogP contribution in [0, 0.1) is 0 Å². The van der Waals surface area contributed by atoms with Crippen molar-refractivity contribution < 1.29 is 19.1 Å². The monoisotopic (exact) mass is 408 g/mol. The molecule has 156 valence electrons. The number of benzene rings is 2. The first-order valence-electron chi connectivity index (χ1n) is 9.67. The molecule has 1 atom stereocenters. The minimum atomic E-state index is -0.304. The molecule has 0 fully saturated rings. The van der Waals surface area contributed by atoms with Crippen LogP contribution < -0.4 is 20.1 Å². The third-order valence-electron chi connectivity index (χ3n) is 5.08. The number of likely N-dealkylation sites (N-methyl/N-ethyl adjacent to an activating group) is 1. The Balaban J connectivity index is 1.41. The second kappa shape index (κ2) is 7.98. The van der Waals surface area contributed by atoms with Gasteiger partial charge in [-0.3, -0.25) is 4.79 Å². The van der Waals surface area contributed by atoms with Gasteiger partial charge in [-0.15, -0.1) is 0 Å². The number of aromatic nitrogens is 1. The fourth-order valence-corrected chi connectivity index (χ4v) is 3.33. The number of carbonyl (C=O) groups is 2. The molecule has 1 unspecified atom stereocenters. The molecule has 1 aliphatic heterocycles. The molecule has 30 heavy (non-hydrogen) atoms. The van der Waals surface area contributed by atoms with Crippen LogP contribution in [0.2, 0.25) is 0 Å². The van der Waals surface area contributed by atoms with Gasteiger partial charge < -0.3 is 29.6 Å². The molecule has 8 nitrogen and oxygen atoms in total. The first-order valence-corrected chi connectivity index (χ1v) is 9.67. The molecule has 8 heteroatoms. The summed E-state index contributed by atoms with van der Waals surface area (Å²) in [5, 5.41) is 6.74. The quantitative estimate of drug-likeness (QED) is 0.678. The Morgan fingerprint density at radius 2 is 1.90 bits per heavy atom. The normalized spacial score (nSPS) is 13.2. The summed E-state index contributed by atoms with van der Waals surface area (Å²) in [6.45, 7) is 2.40. The lowest BCUT2D eigenvalue weighted by molar-refractivity contribution is -0.129. The van der Waals surface area contributed by atoms with Gasteiger partial charge in [0.25, 0.3) is 0 Å². The molecule has 2 N–H and O–H groups in total. The molecule has 4 rings (SSSR count). The maximum atomic E-state index is 12.5. The van der Waals surface area contributed by atoms with E-state index in [1.807, 2.05) is 60.2 Å². The van der Waals surface area contributed by atoms with Gasteiger partial charge in [0.05, 0.1) is 6.04 Å². The molecule has 1 aromatic heterocycles. The van der Waals surface area contributed by atoms with E-state index in [1.165, 1.54) is 0 Å². The number of urea groups is 1. The Labute approximate surface area is 174 Å². The van der Waals surface area contributed by atoms with Gasteiger partial charge in [0.15, 0.2) is 11.5 Å². The summed E-state index contributed by atoms with van der Waals surface area (Å²) >= 11 is 0. The van der Waals surface area contributed by atoms with Crippen molar-refractivity contribution >= 4 is 28.5 Å². The van der Waals surface area contributed by atoms with Gasteiger partial charge in [-0.1, -0.05) is 6.07 Å². The smallest absolute Gasteiger partial charge is 0.319 e. The van der Waals surface area contributed by atoms with Gasteiger partial charge in [0, 0.05) is 36.9 Å². The number of carbonyl (C=O) groups excluding carboxylic acids is 2. The predicted octanol–water partition coefficient (Wildman–Crippen LogP) is 3.34. The molecule has 0 saturated heterocycles. The first kappa shape index (κ1) is 19.6. The molecular formula is C22H24N4O4. The van der Waals surface area contributed by atoms with Gasteiger partial charge in [-0.2, -0.15) is 0 Å². The highest BCUT2D eigenvalue weighted by atomic mass is 16.7. The zero-order valence-electron chi connectivity index (χ0n) is 17.1. The Bertz CT molecular complexity index is 1110. The lowest BCUT2D eigenvalue weighted by atomic mass is 10.1. The number of fused-ring (bicyclic) bond motifs is 2. The topological polar surface area (TPSA) is 84.8 Å². The number of nitrogens with zero attached hydrogens (tertiary/aromatic N) is 2. The number of nitrogens with one attached hydrogen (secondary N) is 2. The van der Waals surface area contributed by atoms with E-state index in [-0.39, 0.29) is 31.3 Å². The fraction of sp³-hybridized carbons (Fsp3) is 0.273. The fourth-order valence-electron chi connectivity index (χ4n) is 3.33. The van der Waals surface area contributed by atoms with Crippen molar-refractivity contribution in [1.82, 2.24) is 14.8 Å². The van der Waals surface area contributed by atoms with Crippen molar-refractivity contribution in [2.24, 2.45) is 0 Å². The third-order valence-corrected chi connectivity index (χ3v) is 5.08. The Morgan fingerprint density at radius 3 is 2.70 bits per heavy atom. The summed E-state index contributed by atoms with van der Waals surface area (Å²) in [5.74, 6) is 1.42. The van der Waals surface area contributed by atoms with Crippen LogP contribution in [0.1, 0.15) is 18.5 Å². The summed E-state index contributed by atoms with van der Waals surface area (Å²) in [6.07, 6.45) is 1.87. The van der Waals surface area contributed by atoms with E-state index < -0.39 is 0 Å². The van der Waals surface area contributed by atoms with Gasteiger partial charge in [0.1, 0.15) is 6.54 Å². The van der Waals surface area contributed by atoms with E-state index in [9.17, 15) is 9.59 Å². The van der Waals surface area contributed by atoms with Crippen LogP contribution in [0.5, 0.6) is 11.5 Å². The number of ether oxygens (including phenoxy) is 2. The Hall–Kier alpha value is -3.68. The van der Waals surface area contributed by atoms with E-state index in [4.69, 9.17) is 9.47 Å². The molecule has 1 aliphatic rings. The number of rotatable bonds is 5. The lowest BCUT2D eigenvalue weighted by Crippen LogP contribution is -2.31. The van der Waals surface area contributed by atoms with Crippen molar-refractivity contribution in [3.63, 3.8) is 0 Å². The average Bonchev–Trinajstić information content (AvgIpc) is 3.33. The SMILES string of the molecule is CC(NC(=O)Nc1ccc2c(ccn2CC(=O)N(C)C)c1)c1ccc2c(c1)OCO2. The number of amides is 3. The van der Waals surface area contributed by atoms with Crippen LogP contribution in [0.3, 0.4) is 0 Å². The highest BCUT2D eigenvalue weighted by Gasteiger charge is 2.17. The van der Waals surface area contributed by atoms with Crippen LogP contribution in [0.25, 0.3) is 10.9 Å².